The highest BCUT2D eigenvalue weighted by Gasteiger charge is 2.51. The fourth-order valence-corrected chi connectivity index (χ4v) is 6.77. The highest BCUT2D eigenvalue weighted by molar-refractivity contribution is 5.85. The van der Waals surface area contributed by atoms with Crippen LogP contribution in [0.15, 0.2) is 41.6 Å². The van der Waals surface area contributed by atoms with E-state index in [0.717, 1.165) is 74.7 Å². The molecule has 0 atom stereocenters. The molecule has 3 fully saturated rings. The second kappa shape index (κ2) is 11.3. The summed E-state index contributed by atoms with van der Waals surface area (Å²) in [6, 6.07) is 11.3. The third-order valence-electron chi connectivity index (χ3n) is 9.43. The summed E-state index contributed by atoms with van der Waals surface area (Å²) in [7, 11) is 0. The Kier molecular flexibility index (Phi) is 7.70. The quantitative estimate of drug-likeness (QED) is 0.361. The van der Waals surface area contributed by atoms with Gasteiger partial charge in [0.25, 0.3) is 0 Å². The molecule has 7 nitrogen and oxygen atoms in total. The first kappa shape index (κ1) is 28.0. The van der Waals surface area contributed by atoms with Gasteiger partial charge in [0, 0.05) is 38.3 Å². The number of benzene rings is 2. The van der Waals surface area contributed by atoms with E-state index in [-0.39, 0.29) is 17.4 Å². The number of carbonyl (C=O) groups excluding carboxylic acids is 1. The van der Waals surface area contributed by atoms with E-state index in [2.05, 4.69) is 27.1 Å². The molecule has 4 aliphatic rings. The molecular formula is C33H42FN3O4. The van der Waals surface area contributed by atoms with Crippen molar-refractivity contribution in [1.82, 2.24) is 9.80 Å². The number of rotatable bonds is 8. The molecule has 0 radical (unpaired) electrons. The van der Waals surface area contributed by atoms with Gasteiger partial charge in [-0.3, -0.25) is 9.69 Å². The van der Waals surface area contributed by atoms with Crippen LogP contribution in [0.1, 0.15) is 76.3 Å². The van der Waals surface area contributed by atoms with Gasteiger partial charge < -0.3 is 19.2 Å². The van der Waals surface area contributed by atoms with Crippen LogP contribution < -0.4 is 4.74 Å². The predicted octanol–water partition coefficient (Wildman–Crippen LogP) is 6.11. The van der Waals surface area contributed by atoms with Crippen LogP contribution in [0.3, 0.4) is 0 Å². The minimum Gasteiger partial charge on any atom is -0.493 e. The van der Waals surface area contributed by atoms with E-state index < -0.39 is 5.41 Å². The predicted molar refractivity (Wildman–Crippen MR) is 156 cm³/mol. The number of halogens is 1. The van der Waals surface area contributed by atoms with Crippen LogP contribution in [0.4, 0.5) is 4.39 Å². The van der Waals surface area contributed by atoms with Gasteiger partial charge in [-0.25, -0.2) is 4.39 Å². The Morgan fingerprint density at radius 2 is 1.83 bits per heavy atom. The Bertz CT molecular complexity index is 1290. The van der Waals surface area contributed by atoms with Gasteiger partial charge in [0.1, 0.15) is 17.4 Å². The molecule has 1 saturated carbocycles. The van der Waals surface area contributed by atoms with Crippen LogP contribution >= 0.6 is 0 Å². The number of nitrogens with zero attached hydrogens (tertiary/aromatic N) is 3. The number of carbonyl (C=O) groups is 1. The van der Waals surface area contributed by atoms with E-state index in [1.807, 2.05) is 32.9 Å². The van der Waals surface area contributed by atoms with Gasteiger partial charge in [0.05, 0.1) is 25.0 Å². The average Bonchev–Trinajstić information content (AvgIpc) is 3.35. The summed E-state index contributed by atoms with van der Waals surface area (Å²) in [6.45, 7) is 11.0. The van der Waals surface area contributed by atoms with Crippen molar-refractivity contribution in [3.05, 3.63) is 53.3 Å². The maximum absolute atomic E-state index is 13.7. The van der Waals surface area contributed by atoms with Gasteiger partial charge in [-0.15, -0.1) is 0 Å². The summed E-state index contributed by atoms with van der Waals surface area (Å²) in [5.41, 5.74) is 4.01. The summed E-state index contributed by atoms with van der Waals surface area (Å²) < 4.78 is 25.2. The van der Waals surface area contributed by atoms with Crippen molar-refractivity contribution >= 4 is 11.8 Å². The normalized spacial score (nSPS) is 21.6. The van der Waals surface area contributed by atoms with E-state index >= 15 is 0 Å². The first-order valence-corrected chi connectivity index (χ1v) is 15.3. The first-order chi connectivity index (χ1) is 19.8. The molecular weight excluding hydrogens is 521 g/mol. The molecule has 220 valence electrons. The molecule has 41 heavy (non-hydrogen) atoms. The minimum absolute atomic E-state index is 0.0889. The molecule has 2 aromatic carbocycles. The monoisotopic (exact) mass is 563 g/mol. The van der Waals surface area contributed by atoms with Crippen LogP contribution in [0.5, 0.6) is 5.75 Å². The molecule has 2 aromatic rings. The maximum atomic E-state index is 13.7. The van der Waals surface area contributed by atoms with Crippen LogP contribution in [-0.2, 0) is 20.9 Å². The molecule has 0 aromatic heterocycles. The van der Waals surface area contributed by atoms with E-state index in [0.29, 0.717) is 19.1 Å². The lowest BCUT2D eigenvalue weighted by Gasteiger charge is -2.46. The van der Waals surface area contributed by atoms with E-state index in [4.69, 9.17) is 14.3 Å². The Hall–Kier alpha value is -3.13. The summed E-state index contributed by atoms with van der Waals surface area (Å²) in [5.74, 6) is 2.09. The second-order valence-corrected chi connectivity index (χ2v) is 12.5. The van der Waals surface area contributed by atoms with Gasteiger partial charge in [-0.1, -0.05) is 29.8 Å². The lowest BCUT2D eigenvalue weighted by Crippen LogP contribution is -2.61. The number of amidine groups is 1. The lowest BCUT2D eigenvalue weighted by molar-refractivity contribution is -0.156. The molecule has 0 bridgehead atoms. The summed E-state index contributed by atoms with van der Waals surface area (Å²) >= 11 is 0. The molecule has 0 amide bonds. The minimum atomic E-state index is -0.414. The lowest BCUT2D eigenvalue weighted by atomic mass is 9.76. The summed E-state index contributed by atoms with van der Waals surface area (Å²) in [6.07, 6.45) is 5.95. The van der Waals surface area contributed by atoms with E-state index in [1.54, 1.807) is 0 Å². The molecule has 1 spiro atoms. The smallest absolute Gasteiger partial charge is 0.311 e. The SMILES string of the molecule is CCOC(=O)C1(C)CCN(C2=NOC3(C2)CN(Cc2cc(OCC)c(-c4ccc(F)cc4)c(C4CCC4)c2)C3)CC1. The Balaban J connectivity index is 1.10. The Morgan fingerprint density at radius 1 is 1.10 bits per heavy atom. The molecule has 8 heteroatoms. The summed E-state index contributed by atoms with van der Waals surface area (Å²) in [4.78, 5) is 23.2. The number of hydrogen-bond acceptors (Lipinski definition) is 7. The number of ether oxygens (including phenoxy) is 2. The molecule has 3 heterocycles. The van der Waals surface area contributed by atoms with Crippen LogP contribution in [0.25, 0.3) is 11.1 Å². The number of hydrogen-bond donors (Lipinski definition) is 0. The third kappa shape index (κ3) is 5.55. The van der Waals surface area contributed by atoms with Gasteiger partial charge >= 0.3 is 5.97 Å². The van der Waals surface area contributed by atoms with Gasteiger partial charge in [-0.05, 0) is 87.3 Å². The van der Waals surface area contributed by atoms with Crippen molar-refractivity contribution in [2.24, 2.45) is 10.6 Å². The summed E-state index contributed by atoms with van der Waals surface area (Å²) in [5, 5.41) is 4.50. The molecule has 2 saturated heterocycles. The van der Waals surface area contributed by atoms with Crippen LogP contribution in [0, 0.1) is 11.2 Å². The molecule has 1 aliphatic carbocycles. The molecule has 0 unspecified atom stereocenters. The van der Waals surface area contributed by atoms with Crippen molar-refractivity contribution in [3.63, 3.8) is 0 Å². The first-order valence-electron chi connectivity index (χ1n) is 15.3. The van der Waals surface area contributed by atoms with E-state index in [9.17, 15) is 9.18 Å². The number of piperidine rings is 1. The number of oxime groups is 1. The van der Waals surface area contributed by atoms with Crippen molar-refractivity contribution < 1.29 is 23.5 Å². The molecule has 3 aliphatic heterocycles. The van der Waals surface area contributed by atoms with Gasteiger partial charge in [0.2, 0.25) is 0 Å². The van der Waals surface area contributed by atoms with Crippen LogP contribution in [0.2, 0.25) is 0 Å². The highest BCUT2D eigenvalue weighted by Crippen LogP contribution is 2.46. The van der Waals surface area contributed by atoms with Crippen LogP contribution in [-0.4, -0.2) is 66.6 Å². The van der Waals surface area contributed by atoms with Crippen molar-refractivity contribution in [1.29, 1.82) is 0 Å². The average molecular weight is 564 g/mol. The van der Waals surface area contributed by atoms with E-state index in [1.165, 1.54) is 42.5 Å². The third-order valence-corrected chi connectivity index (χ3v) is 9.43. The molecule has 0 N–H and O–H groups in total. The number of esters is 1. The second-order valence-electron chi connectivity index (χ2n) is 12.5. The highest BCUT2D eigenvalue weighted by atomic mass is 19.1. The van der Waals surface area contributed by atoms with Crippen molar-refractivity contribution in [2.75, 3.05) is 39.4 Å². The fraction of sp³-hybridized carbons (Fsp3) is 0.576. The zero-order valence-corrected chi connectivity index (χ0v) is 24.6. The fourth-order valence-electron chi connectivity index (χ4n) is 6.77. The van der Waals surface area contributed by atoms with Crippen molar-refractivity contribution in [2.45, 2.75) is 77.4 Å². The zero-order valence-electron chi connectivity index (χ0n) is 24.6. The Labute approximate surface area is 242 Å². The topological polar surface area (TPSA) is 63.6 Å². The van der Waals surface area contributed by atoms with Crippen molar-refractivity contribution in [3.8, 4) is 16.9 Å². The molecule has 6 rings (SSSR count). The van der Waals surface area contributed by atoms with Gasteiger partial charge in [-0.2, -0.15) is 0 Å². The largest absolute Gasteiger partial charge is 0.493 e. The van der Waals surface area contributed by atoms with Gasteiger partial charge in [0.15, 0.2) is 5.60 Å². The number of likely N-dealkylation sites (tertiary alicyclic amines) is 2. The standard InChI is InChI=1S/C33H42FN3O4/c1-4-39-28-18-23(17-27(24-7-6-8-24)30(28)25-9-11-26(34)12-10-25)20-36-21-33(22-36)19-29(35-41-33)37-15-13-32(3,14-16-37)31(38)40-5-2/h9-12,17-18,24H,4-8,13-16,19-22H2,1-3H3. The zero-order chi connectivity index (χ0) is 28.6. The Morgan fingerprint density at radius 3 is 2.46 bits per heavy atom. The maximum Gasteiger partial charge on any atom is 0.311 e.